The van der Waals surface area contributed by atoms with E-state index >= 15 is 0 Å². The molecule has 1 saturated heterocycles. The van der Waals surface area contributed by atoms with Crippen molar-refractivity contribution in [1.29, 1.82) is 0 Å². The molecule has 18 heavy (non-hydrogen) atoms. The molecule has 0 radical (unpaired) electrons. The van der Waals surface area contributed by atoms with E-state index in [2.05, 4.69) is 0 Å². The summed E-state index contributed by atoms with van der Waals surface area (Å²) in [4.78, 5) is 0. The van der Waals surface area contributed by atoms with Crippen LogP contribution in [0.3, 0.4) is 0 Å². The standard InChI is InChI=1S/C14H19FO3/c1-10(15)12-8-13(14(16-2)18-12)17-9-11-6-4-3-5-7-11/h3-7,10,12-14H,8-9H2,1-2H3/t10?,12-,13-,14+/m1/s1. The quantitative estimate of drug-likeness (QED) is 0.808. The van der Waals surface area contributed by atoms with Crippen molar-refractivity contribution in [3.05, 3.63) is 35.9 Å². The van der Waals surface area contributed by atoms with Crippen LogP contribution in [0.25, 0.3) is 0 Å². The highest BCUT2D eigenvalue weighted by atomic mass is 19.1. The molecule has 1 aliphatic rings. The van der Waals surface area contributed by atoms with Crippen molar-refractivity contribution in [3.8, 4) is 0 Å². The number of methoxy groups -OCH3 is 1. The largest absolute Gasteiger partial charge is 0.368 e. The van der Waals surface area contributed by atoms with Gasteiger partial charge in [-0.05, 0) is 12.5 Å². The van der Waals surface area contributed by atoms with E-state index < -0.39 is 18.6 Å². The smallest absolute Gasteiger partial charge is 0.183 e. The predicted octanol–water partition coefficient (Wildman–Crippen LogP) is 2.69. The molecular formula is C14H19FO3. The van der Waals surface area contributed by atoms with Gasteiger partial charge in [-0.1, -0.05) is 30.3 Å². The lowest BCUT2D eigenvalue weighted by atomic mass is 10.1. The summed E-state index contributed by atoms with van der Waals surface area (Å²) in [5, 5.41) is 0. The SMILES string of the molecule is CO[C@H]1O[C@@H](C(C)F)C[C@H]1OCc1ccccc1. The second-order valence-corrected chi connectivity index (χ2v) is 4.53. The number of rotatable bonds is 5. The normalized spacial score (nSPS) is 29.4. The van der Waals surface area contributed by atoms with Gasteiger partial charge in [0, 0.05) is 13.5 Å². The summed E-state index contributed by atoms with van der Waals surface area (Å²) < 4.78 is 29.6. The zero-order valence-corrected chi connectivity index (χ0v) is 10.7. The lowest BCUT2D eigenvalue weighted by Crippen LogP contribution is -2.26. The zero-order chi connectivity index (χ0) is 13.0. The predicted molar refractivity (Wildman–Crippen MR) is 65.9 cm³/mol. The van der Waals surface area contributed by atoms with Gasteiger partial charge in [-0.25, -0.2) is 4.39 Å². The summed E-state index contributed by atoms with van der Waals surface area (Å²) in [5.41, 5.74) is 1.09. The molecule has 2 rings (SSSR count). The Balaban J connectivity index is 1.88. The van der Waals surface area contributed by atoms with E-state index in [4.69, 9.17) is 14.2 Å². The van der Waals surface area contributed by atoms with Crippen molar-refractivity contribution in [3.63, 3.8) is 0 Å². The van der Waals surface area contributed by atoms with Crippen LogP contribution >= 0.6 is 0 Å². The van der Waals surface area contributed by atoms with E-state index in [1.807, 2.05) is 30.3 Å². The number of ether oxygens (including phenoxy) is 3. The van der Waals surface area contributed by atoms with Crippen LogP contribution in [0.2, 0.25) is 0 Å². The number of hydrogen-bond acceptors (Lipinski definition) is 3. The lowest BCUT2D eigenvalue weighted by Gasteiger charge is -2.17. The molecule has 0 N–H and O–H groups in total. The van der Waals surface area contributed by atoms with E-state index in [1.54, 1.807) is 7.11 Å². The van der Waals surface area contributed by atoms with Crippen LogP contribution in [0.4, 0.5) is 4.39 Å². The fraction of sp³-hybridized carbons (Fsp3) is 0.571. The first kappa shape index (κ1) is 13.5. The van der Waals surface area contributed by atoms with Crippen LogP contribution in [0.15, 0.2) is 30.3 Å². The molecule has 4 atom stereocenters. The molecule has 0 aromatic heterocycles. The van der Waals surface area contributed by atoms with Crippen molar-refractivity contribution in [2.24, 2.45) is 0 Å². The summed E-state index contributed by atoms with van der Waals surface area (Å²) in [7, 11) is 1.55. The van der Waals surface area contributed by atoms with E-state index in [0.29, 0.717) is 13.0 Å². The Morgan fingerprint density at radius 2 is 2.11 bits per heavy atom. The number of benzene rings is 1. The molecule has 1 heterocycles. The van der Waals surface area contributed by atoms with Gasteiger partial charge in [0.05, 0.1) is 12.7 Å². The Hall–Kier alpha value is -0.970. The van der Waals surface area contributed by atoms with Crippen LogP contribution in [0, 0.1) is 0 Å². The highest BCUT2D eigenvalue weighted by Crippen LogP contribution is 2.27. The molecule has 0 bridgehead atoms. The summed E-state index contributed by atoms with van der Waals surface area (Å²) in [5.74, 6) is 0. The maximum Gasteiger partial charge on any atom is 0.183 e. The van der Waals surface area contributed by atoms with Crippen molar-refractivity contribution in [2.75, 3.05) is 7.11 Å². The van der Waals surface area contributed by atoms with Gasteiger partial charge in [0.1, 0.15) is 12.3 Å². The van der Waals surface area contributed by atoms with Gasteiger partial charge in [-0.3, -0.25) is 0 Å². The fourth-order valence-electron chi connectivity index (χ4n) is 2.08. The highest BCUT2D eigenvalue weighted by molar-refractivity contribution is 5.13. The average molecular weight is 254 g/mol. The maximum atomic E-state index is 13.2. The number of alkyl halides is 1. The van der Waals surface area contributed by atoms with E-state index in [9.17, 15) is 4.39 Å². The molecule has 0 saturated carbocycles. The highest BCUT2D eigenvalue weighted by Gasteiger charge is 2.38. The second-order valence-electron chi connectivity index (χ2n) is 4.53. The zero-order valence-electron chi connectivity index (χ0n) is 10.7. The molecule has 4 heteroatoms. The molecule has 100 valence electrons. The van der Waals surface area contributed by atoms with Crippen LogP contribution < -0.4 is 0 Å². The lowest BCUT2D eigenvalue weighted by molar-refractivity contribution is -0.169. The summed E-state index contributed by atoms with van der Waals surface area (Å²) in [6.07, 6.45) is -1.60. The van der Waals surface area contributed by atoms with Crippen LogP contribution in [-0.4, -0.2) is 31.8 Å². The third kappa shape index (κ3) is 3.28. The number of halogens is 1. The summed E-state index contributed by atoms with van der Waals surface area (Å²) in [6, 6.07) is 9.87. The monoisotopic (exact) mass is 254 g/mol. The molecule has 1 aromatic rings. The van der Waals surface area contributed by atoms with Crippen molar-refractivity contribution < 1.29 is 18.6 Å². The molecular weight excluding hydrogens is 235 g/mol. The minimum atomic E-state index is -1.01. The summed E-state index contributed by atoms with van der Waals surface area (Å²) >= 11 is 0. The topological polar surface area (TPSA) is 27.7 Å². The second kappa shape index (κ2) is 6.27. The first-order valence-corrected chi connectivity index (χ1v) is 6.18. The van der Waals surface area contributed by atoms with Crippen LogP contribution in [0.1, 0.15) is 18.9 Å². The van der Waals surface area contributed by atoms with E-state index in [0.717, 1.165) is 5.56 Å². The first-order chi connectivity index (χ1) is 8.70. The maximum absolute atomic E-state index is 13.2. The third-order valence-electron chi connectivity index (χ3n) is 3.13. The minimum absolute atomic E-state index is 0.210. The number of hydrogen-bond donors (Lipinski definition) is 0. The van der Waals surface area contributed by atoms with Crippen molar-refractivity contribution in [2.45, 2.75) is 44.6 Å². The van der Waals surface area contributed by atoms with Gasteiger partial charge in [0.25, 0.3) is 0 Å². The molecule has 0 aliphatic carbocycles. The Kier molecular flexibility index (Phi) is 4.69. The average Bonchev–Trinajstić information content (AvgIpc) is 2.81. The Labute approximate surface area is 107 Å². The molecule has 0 spiro atoms. The summed E-state index contributed by atoms with van der Waals surface area (Å²) in [6.45, 7) is 1.99. The van der Waals surface area contributed by atoms with E-state index in [1.165, 1.54) is 6.92 Å². The minimum Gasteiger partial charge on any atom is -0.368 e. The Bertz CT molecular complexity index is 355. The van der Waals surface area contributed by atoms with Crippen molar-refractivity contribution in [1.82, 2.24) is 0 Å². The third-order valence-corrected chi connectivity index (χ3v) is 3.13. The molecule has 1 fully saturated rings. The van der Waals surface area contributed by atoms with Crippen LogP contribution in [0.5, 0.6) is 0 Å². The molecule has 3 nitrogen and oxygen atoms in total. The van der Waals surface area contributed by atoms with E-state index in [-0.39, 0.29) is 6.10 Å². The van der Waals surface area contributed by atoms with Crippen LogP contribution in [-0.2, 0) is 20.8 Å². The van der Waals surface area contributed by atoms with Gasteiger partial charge in [-0.2, -0.15) is 0 Å². The Morgan fingerprint density at radius 3 is 2.72 bits per heavy atom. The van der Waals surface area contributed by atoms with Gasteiger partial charge >= 0.3 is 0 Å². The Morgan fingerprint density at radius 1 is 1.39 bits per heavy atom. The molecule has 1 aromatic carbocycles. The van der Waals surface area contributed by atoms with Gasteiger partial charge in [-0.15, -0.1) is 0 Å². The fourth-order valence-corrected chi connectivity index (χ4v) is 2.08. The molecule has 0 amide bonds. The van der Waals surface area contributed by atoms with Crippen molar-refractivity contribution >= 4 is 0 Å². The first-order valence-electron chi connectivity index (χ1n) is 6.18. The van der Waals surface area contributed by atoms with Gasteiger partial charge in [0.15, 0.2) is 6.29 Å². The van der Waals surface area contributed by atoms with Gasteiger partial charge < -0.3 is 14.2 Å². The molecule has 1 unspecified atom stereocenters. The molecule has 1 aliphatic heterocycles. The van der Waals surface area contributed by atoms with Gasteiger partial charge in [0.2, 0.25) is 0 Å².